The van der Waals surface area contributed by atoms with Crippen LogP contribution in [-0.4, -0.2) is 26.1 Å². The summed E-state index contributed by atoms with van der Waals surface area (Å²) in [6.45, 7) is 7.29. The summed E-state index contributed by atoms with van der Waals surface area (Å²) in [5.41, 5.74) is 2.80. The van der Waals surface area contributed by atoms with Crippen LogP contribution in [0, 0.1) is 0 Å². The fourth-order valence-corrected chi connectivity index (χ4v) is 3.87. The molecule has 0 amide bonds. The summed E-state index contributed by atoms with van der Waals surface area (Å²) < 4.78 is 3.35. The number of thiophene rings is 1. The molecule has 0 unspecified atom stereocenters. The molecule has 0 radical (unpaired) electrons. The van der Waals surface area contributed by atoms with Crippen LogP contribution in [0.2, 0.25) is 0 Å². The SMILES string of the molecule is CCCNc1nc(-c2csc3ccccc23)nc2c1ncn2C(C)C. The van der Waals surface area contributed by atoms with Crippen LogP contribution in [0.1, 0.15) is 33.2 Å². The molecule has 128 valence electrons. The Labute approximate surface area is 150 Å². The van der Waals surface area contributed by atoms with Gasteiger partial charge in [-0.05, 0) is 26.3 Å². The minimum Gasteiger partial charge on any atom is -0.368 e. The topological polar surface area (TPSA) is 55.6 Å². The Bertz CT molecular complexity index is 1030. The number of nitrogens with zero attached hydrogens (tertiary/aromatic N) is 4. The Morgan fingerprint density at radius 3 is 2.84 bits per heavy atom. The van der Waals surface area contributed by atoms with Crippen molar-refractivity contribution in [1.29, 1.82) is 0 Å². The molecule has 1 aromatic carbocycles. The number of hydrogen-bond donors (Lipinski definition) is 1. The maximum atomic E-state index is 4.87. The largest absolute Gasteiger partial charge is 0.368 e. The maximum absolute atomic E-state index is 4.87. The number of rotatable bonds is 5. The lowest BCUT2D eigenvalue weighted by atomic mass is 10.1. The van der Waals surface area contributed by atoms with Crippen molar-refractivity contribution in [2.75, 3.05) is 11.9 Å². The van der Waals surface area contributed by atoms with E-state index in [9.17, 15) is 0 Å². The van der Waals surface area contributed by atoms with E-state index in [0.717, 1.165) is 41.3 Å². The van der Waals surface area contributed by atoms with E-state index in [1.165, 1.54) is 10.1 Å². The normalized spacial score (nSPS) is 11.7. The molecule has 4 aromatic rings. The summed E-state index contributed by atoms with van der Waals surface area (Å²) in [5.74, 6) is 1.57. The first-order valence-corrected chi connectivity index (χ1v) is 9.52. The molecule has 25 heavy (non-hydrogen) atoms. The van der Waals surface area contributed by atoms with Crippen molar-refractivity contribution in [3.8, 4) is 11.4 Å². The van der Waals surface area contributed by atoms with Gasteiger partial charge in [0.05, 0.1) is 6.33 Å². The van der Waals surface area contributed by atoms with Crippen molar-refractivity contribution >= 4 is 38.4 Å². The first kappa shape index (κ1) is 16.0. The highest BCUT2D eigenvalue weighted by Gasteiger charge is 2.17. The lowest BCUT2D eigenvalue weighted by Gasteiger charge is -2.10. The lowest BCUT2D eigenvalue weighted by molar-refractivity contribution is 0.613. The van der Waals surface area contributed by atoms with Crippen LogP contribution in [0.3, 0.4) is 0 Å². The van der Waals surface area contributed by atoms with E-state index in [2.05, 4.69) is 65.3 Å². The molecule has 0 saturated carbocycles. The number of nitrogens with one attached hydrogen (secondary N) is 1. The predicted octanol–water partition coefficient (Wildman–Crippen LogP) is 5.11. The minimum absolute atomic E-state index is 0.297. The molecule has 3 aromatic heterocycles. The zero-order valence-electron chi connectivity index (χ0n) is 14.7. The fourth-order valence-electron chi connectivity index (χ4n) is 2.93. The molecular formula is C19H21N5S. The number of imidazole rings is 1. The minimum atomic E-state index is 0.297. The molecule has 0 saturated heterocycles. The Kier molecular flexibility index (Phi) is 4.13. The molecule has 0 bridgehead atoms. The van der Waals surface area contributed by atoms with Crippen molar-refractivity contribution in [2.24, 2.45) is 0 Å². The van der Waals surface area contributed by atoms with Gasteiger partial charge in [-0.15, -0.1) is 11.3 Å². The van der Waals surface area contributed by atoms with Gasteiger partial charge >= 0.3 is 0 Å². The van der Waals surface area contributed by atoms with Crippen LogP contribution in [0.4, 0.5) is 5.82 Å². The van der Waals surface area contributed by atoms with E-state index >= 15 is 0 Å². The molecule has 6 heteroatoms. The second-order valence-corrected chi connectivity index (χ2v) is 7.30. The highest BCUT2D eigenvalue weighted by atomic mass is 32.1. The highest BCUT2D eigenvalue weighted by Crippen LogP contribution is 2.34. The summed E-state index contributed by atoms with van der Waals surface area (Å²) in [5, 5.41) is 6.76. The van der Waals surface area contributed by atoms with Crippen LogP contribution < -0.4 is 5.32 Å². The second kappa shape index (κ2) is 6.44. The third-order valence-corrected chi connectivity index (χ3v) is 5.21. The van der Waals surface area contributed by atoms with Gasteiger partial charge in [-0.1, -0.05) is 25.1 Å². The molecule has 0 aliphatic rings. The molecule has 3 heterocycles. The summed E-state index contributed by atoms with van der Waals surface area (Å²) in [6.07, 6.45) is 2.89. The summed E-state index contributed by atoms with van der Waals surface area (Å²) in [7, 11) is 0. The monoisotopic (exact) mass is 351 g/mol. The molecule has 5 nitrogen and oxygen atoms in total. The van der Waals surface area contributed by atoms with Gasteiger partial charge in [0.1, 0.15) is 5.52 Å². The molecule has 0 spiro atoms. The van der Waals surface area contributed by atoms with Gasteiger partial charge in [0.25, 0.3) is 0 Å². The van der Waals surface area contributed by atoms with E-state index in [4.69, 9.17) is 9.97 Å². The van der Waals surface area contributed by atoms with Crippen molar-refractivity contribution in [2.45, 2.75) is 33.2 Å². The zero-order valence-corrected chi connectivity index (χ0v) is 15.5. The predicted molar refractivity (Wildman–Crippen MR) is 105 cm³/mol. The van der Waals surface area contributed by atoms with Crippen LogP contribution >= 0.6 is 11.3 Å². The first-order chi connectivity index (χ1) is 12.2. The molecule has 0 aliphatic carbocycles. The molecular weight excluding hydrogens is 330 g/mol. The van der Waals surface area contributed by atoms with Gasteiger partial charge in [-0.2, -0.15) is 0 Å². The van der Waals surface area contributed by atoms with Crippen molar-refractivity contribution < 1.29 is 0 Å². The van der Waals surface area contributed by atoms with Crippen LogP contribution in [0.25, 0.3) is 32.6 Å². The number of fused-ring (bicyclic) bond motifs is 2. The Balaban J connectivity index is 1.95. The number of aromatic nitrogens is 4. The Hall–Kier alpha value is -2.47. The quantitative estimate of drug-likeness (QED) is 0.543. The van der Waals surface area contributed by atoms with Gasteiger partial charge in [0.2, 0.25) is 0 Å². The molecule has 0 atom stereocenters. The summed E-state index contributed by atoms with van der Waals surface area (Å²) in [6, 6.07) is 8.69. The van der Waals surface area contributed by atoms with Crippen LogP contribution in [0.15, 0.2) is 36.0 Å². The van der Waals surface area contributed by atoms with Gasteiger partial charge in [-0.3, -0.25) is 0 Å². The van der Waals surface area contributed by atoms with Gasteiger partial charge in [0, 0.05) is 33.6 Å². The summed E-state index contributed by atoms with van der Waals surface area (Å²) in [4.78, 5) is 14.2. The van der Waals surface area contributed by atoms with E-state index in [0.29, 0.717) is 6.04 Å². The first-order valence-electron chi connectivity index (χ1n) is 8.64. The average Bonchev–Trinajstić information content (AvgIpc) is 3.23. The van der Waals surface area contributed by atoms with E-state index in [-0.39, 0.29) is 0 Å². The third kappa shape index (κ3) is 2.76. The number of anilines is 1. The van der Waals surface area contributed by atoms with Crippen molar-refractivity contribution in [3.05, 3.63) is 36.0 Å². The summed E-state index contributed by atoms with van der Waals surface area (Å²) >= 11 is 1.73. The second-order valence-electron chi connectivity index (χ2n) is 6.39. The third-order valence-electron chi connectivity index (χ3n) is 4.24. The van der Waals surface area contributed by atoms with Gasteiger partial charge in [-0.25, -0.2) is 15.0 Å². The Morgan fingerprint density at radius 2 is 2.04 bits per heavy atom. The fraction of sp³-hybridized carbons (Fsp3) is 0.316. The average molecular weight is 351 g/mol. The standard InChI is InChI=1S/C19H21N5S/c1-4-9-20-18-16-19(24(11-21-16)12(2)3)23-17(22-18)14-10-25-15-8-6-5-7-13(14)15/h5-8,10-12H,4,9H2,1-3H3,(H,20,22,23). The van der Waals surface area contributed by atoms with Crippen LogP contribution in [-0.2, 0) is 0 Å². The molecule has 0 aliphatic heterocycles. The smallest absolute Gasteiger partial charge is 0.166 e. The molecule has 1 N–H and O–H groups in total. The number of hydrogen-bond acceptors (Lipinski definition) is 5. The number of benzene rings is 1. The Morgan fingerprint density at radius 1 is 1.20 bits per heavy atom. The molecule has 0 fully saturated rings. The van der Waals surface area contributed by atoms with Crippen molar-refractivity contribution in [3.63, 3.8) is 0 Å². The lowest BCUT2D eigenvalue weighted by Crippen LogP contribution is -2.06. The van der Waals surface area contributed by atoms with Crippen molar-refractivity contribution in [1.82, 2.24) is 19.5 Å². The van der Waals surface area contributed by atoms with E-state index in [1.807, 2.05) is 6.33 Å². The van der Waals surface area contributed by atoms with Gasteiger partial charge < -0.3 is 9.88 Å². The van der Waals surface area contributed by atoms with Crippen LogP contribution in [0.5, 0.6) is 0 Å². The zero-order chi connectivity index (χ0) is 17.4. The maximum Gasteiger partial charge on any atom is 0.166 e. The van der Waals surface area contributed by atoms with Gasteiger partial charge in [0.15, 0.2) is 17.3 Å². The van der Waals surface area contributed by atoms with E-state index in [1.54, 1.807) is 11.3 Å². The van der Waals surface area contributed by atoms with E-state index < -0.39 is 0 Å². The highest BCUT2D eigenvalue weighted by molar-refractivity contribution is 7.17. The molecule has 4 rings (SSSR count).